The lowest BCUT2D eigenvalue weighted by atomic mass is 10.1. The van der Waals surface area contributed by atoms with Crippen molar-refractivity contribution in [2.24, 2.45) is 0 Å². The Morgan fingerprint density at radius 3 is 2.59 bits per heavy atom. The van der Waals surface area contributed by atoms with Crippen LogP contribution >= 0.6 is 11.3 Å². The number of nitrogens with zero attached hydrogens (tertiary/aromatic N) is 3. The molecule has 0 aromatic carbocycles. The molecule has 1 N–H and O–H groups in total. The first-order valence-electron chi connectivity index (χ1n) is 5.20. The predicted molar refractivity (Wildman–Crippen MR) is 61.7 cm³/mol. The van der Waals surface area contributed by atoms with Crippen molar-refractivity contribution < 1.29 is 9.90 Å². The summed E-state index contributed by atoms with van der Waals surface area (Å²) in [5.74, 6) is -0.796. The monoisotopic (exact) mass is 247 g/mol. The van der Waals surface area contributed by atoms with Crippen LogP contribution in [0.25, 0.3) is 10.6 Å². The molecule has 0 atom stereocenters. The molecule has 0 unspecified atom stereocenters. The van der Waals surface area contributed by atoms with E-state index in [0.29, 0.717) is 17.8 Å². The number of hydrogen-bond acceptors (Lipinski definition) is 5. The van der Waals surface area contributed by atoms with Crippen LogP contribution in [0.1, 0.15) is 17.8 Å². The molecule has 1 aliphatic rings. The van der Waals surface area contributed by atoms with Crippen molar-refractivity contribution in [2.75, 3.05) is 0 Å². The van der Waals surface area contributed by atoms with E-state index in [-0.39, 0.29) is 0 Å². The molecule has 0 aliphatic heterocycles. The Bertz CT molecular complexity index is 563. The lowest BCUT2D eigenvalue weighted by Crippen LogP contribution is -2.19. The minimum Gasteiger partial charge on any atom is -0.481 e. The zero-order valence-electron chi connectivity index (χ0n) is 8.83. The highest BCUT2D eigenvalue weighted by Crippen LogP contribution is 2.50. The van der Waals surface area contributed by atoms with Gasteiger partial charge in [0.25, 0.3) is 0 Å². The largest absolute Gasteiger partial charge is 0.481 e. The van der Waals surface area contributed by atoms with Crippen molar-refractivity contribution in [1.29, 1.82) is 0 Å². The molecule has 0 amide bonds. The lowest BCUT2D eigenvalue weighted by Gasteiger charge is -2.02. The average Bonchev–Trinajstić information content (AvgIpc) is 3.02. The van der Waals surface area contributed by atoms with E-state index in [0.717, 1.165) is 10.6 Å². The van der Waals surface area contributed by atoms with E-state index in [1.54, 1.807) is 12.4 Å². The number of aromatic nitrogens is 3. The van der Waals surface area contributed by atoms with Crippen LogP contribution in [0.3, 0.4) is 0 Å². The van der Waals surface area contributed by atoms with Crippen molar-refractivity contribution >= 4 is 17.3 Å². The minimum atomic E-state index is -0.796. The molecule has 2 heterocycles. The number of aliphatic carboxylic acids is 1. The fourth-order valence-corrected chi connectivity index (χ4v) is 2.76. The van der Waals surface area contributed by atoms with E-state index in [2.05, 4.69) is 15.2 Å². The molecular weight excluding hydrogens is 238 g/mol. The number of hydrogen-bond donors (Lipinski definition) is 1. The Morgan fingerprint density at radius 2 is 2.00 bits per heavy atom. The van der Waals surface area contributed by atoms with Gasteiger partial charge in [-0.25, -0.2) is 0 Å². The molecule has 0 spiro atoms. The van der Waals surface area contributed by atoms with Crippen molar-refractivity contribution in [2.45, 2.75) is 18.3 Å². The van der Waals surface area contributed by atoms with Crippen molar-refractivity contribution in [1.82, 2.24) is 15.2 Å². The van der Waals surface area contributed by atoms with E-state index in [1.165, 1.54) is 11.3 Å². The molecule has 1 fully saturated rings. The number of carboxylic acids is 1. The SMILES string of the molecule is O=C(O)C1(c2nnc(-c3ccncc3)s2)CC1. The van der Waals surface area contributed by atoms with E-state index in [1.807, 2.05) is 12.1 Å². The van der Waals surface area contributed by atoms with Gasteiger partial charge >= 0.3 is 5.97 Å². The first-order chi connectivity index (χ1) is 8.22. The molecule has 2 aromatic rings. The second kappa shape index (κ2) is 3.59. The highest BCUT2D eigenvalue weighted by atomic mass is 32.1. The number of carboxylic acid groups (broad SMARTS) is 1. The van der Waals surface area contributed by atoms with Crippen LogP contribution in [0.5, 0.6) is 0 Å². The predicted octanol–water partition coefficient (Wildman–Crippen LogP) is 1.72. The Hall–Kier alpha value is -1.82. The number of rotatable bonds is 3. The Kier molecular flexibility index (Phi) is 2.19. The van der Waals surface area contributed by atoms with E-state index in [9.17, 15) is 4.79 Å². The molecule has 1 aliphatic carbocycles. The van der Waals surface area contributed by atoms with Crippen LogP contribution in [0.4, 0.5) is 0 Å². The summed E-state index contributed by atoms with van der Waals surface area (Å²) in [6.07, 6.45) is 4.68. The van der Waals surface area contributed by atoms with Crippen LogP contribution in [0, 0.1) is 0 Å². The van der Waals surface area contributed by atoms with Gasteiger partial charge in [0.2, 0.25) is 0 Å². The topological polar surface area (TPSA) is 76.0 Å². The summed E-state index contributed by atoms with van der Waals surface area (Å²) >= 11 is 1.35. The van der Waals surface area contributed by atoms with Gasteiger partial charge in [-0.3, -0.25) is 9.78 Å². The van der Waals surface area contributed by atoms with E-state index < -0.39 is 11.4 Å². The van der Waals surface area contributed by atoms with Crippen molar-refractivity contribution in [3.05, 3.63) is 29.5 Å². The zero-order valence-corrected chi connectivity index (χ0v) is 9.65. The van der Waals surface area contributed by atoms with Crippen molar-refractivity contribution in [3.8, 4) is 10.6 Å². The third-order valence-electron chi connectivity index (χ3n) is 2.92. The van der Waals surface area contributed by atoms with Gasteiger partial charge in [0.05, 0.1) is 0 Å². The van der Waals surface area contributed by atoms with Crippen LogP contribution in [0.15, 0.2) is 24.5 Å². The maximum absolute atomic E-state index is 11.2. The number of pyridine rings is 1. The van der Waals surface area contributed by atoms with E-state index in [4.69, 9.17) is 5.11 Å². The molecule has 0 saturated heterocycles. The first-order valence-corrected chi connectivity index (χ1v) is 6.02. The van der Waals surface area contributed by atoms with Gasteiger partial charge in [-0.05, 0) is 25.0 Å². The molecular formula is C11H9N3O2S. The summed E-state index contributed by atoms with van der Waals surface area (Å²) in [6.45, 7) is 0. The van der Waals surface area contributed by atoms with Gasteiger partial charge < -0.3 is 5.11 Å². The summed E-state index contributed by atoms with van der Waals surface area (Å²) in [5, 5.41) is 18.6. The van der Waals surface area contributed by atoms with Gasteiger partial charge in [-0.15, -0.1) is 10.2 Å². The van der Waals surface area contributed by atoms with E-state index >= 15 is 0 Å². The molecule has 0 radical (unpaired) electrons. The molecule has 6 heteroatoms. The molecule has 86 valence electrons. The second-order valence-electron chi connectivity index (χ2n) is 4.04. The third-order valence-corrected chi connectivity index (χ3v) is 4.10. The highest BCUT2D eigenvalue weighted by Gasteiger charge is 2.54. The van der Waals surface area contributed by atoms with Gasteiger partial charge in [-0.1, -0.05) is 11.3 Å². The smallest absolute Gasteiger partial charge is 0.316 e. The average molecular weight is 247 g/mol. The zero-order chi connectivity index (χ0) is 11.9. The minimum absolute atomic E-state index is 0.608. The standard InChI is InChI=1S/C11H9N3O2S/c15-10(16)11(3-4-11)9-14-13-8(17-9)7-1-5-12-6-2-7/h1-2,5-6H,3-4H2,(H,15,16). The fourth-order valence-electron chi connectivity index (χ4n) is 1.67. The van der Waals surface area contributed by atoms with Gasteiger partial charge in [0, 0.05) is 18.0 Å². The summed E-state index contributed by atoms with van der Waals surface area (Å²) in [7, 11) is 0. The molecule has 0 bridgehead atoms. The Labute approximate surface area is 101 Å². The Morgan fingerprint density at radius 1 is 1.29 bits per heavy atom. The molecule has 2 aromatic heterocycles. The quantitative estimate of drug-likeness (QED) is 0.893. The molecule has 5 nitrogen and oxygen atoms in total. The maximum Gasteiger partial charge on any atom is 0.316 e. The number of carbonyl (C=O) groups is 1. The first kappa shape index (κ1) is 10.3. The normalized spacial score (nSPS) is 16.7. The summed E-state index contributed by atoms with van der Waals surface area (Å²) in [5.41, 5.74) is 0.160. The van der Waals surface area contributed by atoms with Crippen LogP contribution in [-0.2, 0) is 10.2 Å². The lowest BCUT2D eigenvalue weighted by molar-refractivity contribution is -0.140. The second-order valence-corrected chi connectivity index (χ2v) is 5.01. The highest BCUT2D eigenvalue weighted by molar-refractivity contribution is 7.15. The van der Waals surface area contributed by atoms with Crippen LogP contribution < -0.4 is 0 Å². The van der Waals surface area contributed by atoms with Gasteiger partial charge in [0.15, 0.2) is 0 Å². The summed E-state index contributed by atoms with van der Waals surface area (Å²) in [6, 6.07) is 3.68. The maximum atomic E-state index is 11.2. The summed E-state index contributed by atoms with van der Waals surface area (Å²) < 4.78 is 0. The van der Waals surface area contributed by atoms with Gasteiger partial charge in [0.1, 0.15) is 15.4 Å². The molecule has 3 rings (SSSR count). The van der Waals surface area contributed by atoms with Gasteiger partial charge in [-0.2, -0.15) is 0 Å². The van der Waals surface area contributed by atoms with Crippen molar-refractivity contribution in [3.63, 3.8) is 0 Å². The summed E-state index contributed by atoms with van der Waals surface area (Å²) in [4.78, 5) is 15.1. The Balaban J connectivity index is 1.97. The molecule has 17 heavy (non-hydrogen) atoms. The molecule has 1 saturated carbocycles. The van der Waals surface area contributed by atoms with Crippen LogP contribution in [0.2, 0.25) is 0 Å². The fraction of sp³-hybridized carbons (Fsp3) is 0.273. The third kappa shape index (κ3) is 1.61. The van der Waals surface area contributed by atoms with Crippen LogP contribution in [-0.4, -0.2) is 26.3 Å².